The van der Waals surface area contributed by atoms with Crippen molar-refractivity contribution < 1.29 is 13.2 Å². The van der Waals surface area contributed by atoms with Crippen LogP contribution in [0.1, 0.15) is 5.56 Å². The molecule has 0 radical (unpaired) electrons. The second-order valence-electron chi connectivity index (χ2n) is 6.41. The highest BCUT2D eigenvalue weighted by atomic mass is 35.5. The van der Waals surface area contributed by atoms with Crippen LogP contribution in [0.5, 0.6) is 0 Å². The molecule has 0 saturated heterocycles. The molecular weight excluding hydrogens is 467 g/mol. The molecule has 9 heteroatoms. The summed E-state index contributed by atoms with van der Waals surface area (Å²) in [6.07, 6.45) is 0. The molecule has 0 heterocycles. The van der Waals surface area contributed by atoms with Gasteiger partial charge in [0.1, 0.15) is 6.54 Å². The van der Waals surface area contributed by atoms with Crippen molar-refractivity contribution in [3.8, 4) is 0 Å². The Labute approximate surface area is 190 Å². The zero-order valence-corrected chi connectivity index (χ0v) is 18.9. The summed E-state index contributed by atoms with van der Waals surface area (Å²) in [7, 11) is -4.10. The Bertz CT molecular complexity index is 1190. The van der Waals surface area contributed by atoms with E-state index in [0.29, 0.717) is 10.7 Å². The van der Waals surface area contributed by atoms with Crippen molar-refractivity contribution in [3.63, 3.8) is 0 Å². The third-order valence-electron chi connectivity index (χ3n) is 4.29. The molecular formula is C21H17Cl3N2O3S. The lowest BCUT2D eigenvalue weighted by molar-refractivity contribution is -0.114. The average Bonchev–Trinajstić information content (AvgIpc) is 2.72. The van der Waals surface area contributed by atoms with E-state index in [9.17, 15) is 13.2 Å². The summed E-state index contributed by atoms with van der Waals surface area (Å²) in [5.41, 5.74) is 1.37. The topological polar surface area (TPSA) is 66.5 Å². The molecule has 1 amide bonds. The number of rotatable bonds is 6. The maximum atomic E-state index is 13.3. The van der Waals surface area contributed by atoms with E-state index in [1.54, 1.807) is 49.4 Å². The van der Waals surface area contributed by atoms with E-state index in [1.807, 2.05) is 0 Å². The lowest BCUT2D eigenvalue weighted by atomic mass is 10.2. The summed E-state index contributed by atoms with van der Waals surface area (Å²) in [6, 6.07) is 17.4. The maximum Gasteiger partial charge on any atom is 0.264 e. The van der Waals surface area contributed by atoms with Crippen LogP contribution >= 0.6 is 34.8 Å². The van der Waals surface area contributed by atoms with Crippen LogP contribution in [-0.2, 0) is 14.8 Å². The normalized spacial score (nSPS) is 11.2. The molecule has 30 heavy (non-hydrogen) atoms. The van der Waals surface area contributed by atoms with Crippen LogP contribution < -0.4 is 9.62 Å². The number of amides is 1. The number of nitrogens with zero attached hydrogens (tertiary/aromatic N) is 1. The lowest BCUT2D eigenvalue weighted by Gasteiger charge is -2.25. The van der Waals surface area contributed by atoms with Crippen molar-refractivity contribution in [3.05, 3.63) is 87.4 Å². The number of aryl methyl sites for hydroxylation is 1. The minimum atomic E-state index is -4.10. The van der Waals surface area contributed by atoms with Gasteiger partial charge in [0.15, 0.2) is 0 Å². The molecule has 0 aliphatic heterocycles. The van der Waals surface area contributed by atoms with E-state index in [2.05, 4.69) is 5.32 Å². The minimum Gasteiger partial charge on any atom is -0.324 e. The molecule has 0 unspecified atom stereocenters. The van der Waals surface area contributed by atoms with Crippen molar-refractivity contribution in [2.75, 3.05) is 16.2 Å². The summed E-state index contributed by atoms with van der Waals surface area (Å²) >= 11 is 18.4. The van der Waals surface area contributed by atoms with Crippen LogP contribution in [0.3, 0.4) is 0 Å². The van der Waals surface area contributed by atoms with Gasteiger partial charge in [-0.25, -0.2) is 8.42 Å². The van der Waals surface area contributed by atoms with Gasteiger partial charge in [-0.2, -0.15) is 0 Å². The summed E-state index contributed by atoms with van der Waals surface area (Å²) in [5.74, 6) is -0.559. The summed E-state index contributed by atoms with van der Waals surface area (Å²) < 4.78 is 27.6. The first-order chi connectivity index (χ1) is 14.2. The number of benzene rings is 3. The molecule has 1 N–H and O–H groups in total. The molecule has 156 valence electrons. The predicted molar refractivity (Wildman–Crippen MR) is 122 cm³/mol. The zero-order valence-electron chi connectivity index (χ0n) is 15.8. The van der Waals surface area contributed by atoms with E-state index in [-0.39, 0.29) is 20.6 Å². The fraction of sp³-hybridized carbons (Fsp3) is 0.0952. The molecule has 0 fully saturated rings. The van der Waals surface area contributed by atoms with Crippen LogP contribution in [0.25, 0.3) is 0 Å². The van der Waals surface area contributed by atoms with Gasteiger partial charge in [-0.15, -0.1) is 0 Å². The SMILES string of the molecule is Cc1ccc(Cl)cc1NC(=O)CN(c1cccc(Cl)c1Cl)S(=O)(=O)c1ccccc1. The molecule has 3 aromatic rings. The van der Waals surface area contributed by atoms with Gasteiger partial charge in [0.25, 0.3) is 10.0 Å². The second kappa shape index (κ2) is 9.27. The van der Waals surface area contributed by atoms with Gasteiger partial charge in [0.05, 0.1) is 20.6 Å². The van der Waals surface area contributed by atoms with Crippen LogP contribution in [0.15, 0.2) is 71.6 Å². The van der Waals surface area contributed by atoms with Gasteiger partial charge in [0.2, 0.25) is 5.91 Å². The van der Waals surface area contributed by atoms with Gasteiger partial charge in [-0.3, -0.25) is 9.10 Å². The molecule has 0 aliphatic carbocycles. The van der Waals surface area contributed by atoms with E-state index in [4.69, 9.17) is 34.8 Å². The monoisotopic (exact) mass is 482 g/mol. The Kier molecular flexibility index (Phi) is 6.93. The maximum absolute atomic E-state index is 13.3. The van der Waals surface area contributed by atoms with Gasteiger partial charge in [-0.1, -0.05) is 65.1 Å². The number of halogens is 3. The Hall–Kier alpha value is -2.25. The molecule has 3 aromatic carbocycles. The van der Waals surface area contributed by atoms with Crippen molar-refractivity contribution in [1.82, 2.24) is 0 Å². The largest absolute Gasteiger partial charge is 0.324 e. The number of anilines is 2. The van der Waals surface area contributed by atoms with Gasteiger partial charge < -0.3 is 5.32 Å². The van der Waals surface area contributed by atoms with E-state index in [0.717, 1.165) is 9.87 Å². The van der Waals surface area contributed by atoms with E-state index >= 15 is 0 Å². The van der Waals surface area contributed by atoms with Crippen LogP contribution in [0, 0.1) is 6.92 Å². The second-order valence-corrected chi connectivity index (χ2v) is 9.49. The number of carbonyl (C=O) groups is 1. The van der Waals surface area contributed by atoms with Crippen LogP contribution in [-0.4, -0.2) is 20.9 Å². The van der Waals surface area contributed by atoms with Gasteiger partial charge in [0, 0.05) is 10.7 Å². The molecule has 5 nitrogen and oxygen atoms in total. The van der Waals surface area contributed by atoms with Crippen molar-refractivity contribution in [2.24, 2.45) is 0 Å². The number of hydrogen-bond donors (Lipinski definition) is 1. The zero-order chi connectivity index (χ0) is 21.9. The first-order valence-corrected chi connectivity index (χ1v) is 11.4. The van der Waals surface area contributed by atoms with Crippen molar-refractivity contribution in [2.45, 2.75) is 11.8 Å². The molecule has 0 atom stereocenters. The Balaban J connectivity index is 2.01. The quantitative estimate of drug-likeness (QED) is 0.482. The molecule has 3 rings (SSSR count). The van der Waals surface area contributed by atoms with Crippen LogP contribution in [0.4, 0.5) is 11.4 Å². The first kappa shape index (κ1) is 22.4. The van der Waals surface area contributed by atoms with Gasteiger partial charge >= 0.3 is 0 Å². The number of sulfonamides is 1. The van der Waals surface area contributed by atoms with E-state index in [1.165, 1.54) is 24.3 Å². The Morgan fingerprint density at radius 3 is 2.37 bits per heavy atom. The Morgan fingerprint density at radius 2 is 1.67 bits per heavy atom. The molecule has 0 saturated carbocycles. The van der Waals surface area contributed by atoms with Crippen LogP contribution in [0.2, 0.25) is 15.1 Å². The highest BCUT2D eigenvalue weighted by Crippen LogP contribution is 2.35. The summed E-state index contributed by atoms with van der Waals surface area (Å²) in [6.45, 7) is 1.29. The first-order valence-electron chi connectivity index (χ1n) is 8.78. The standard InChI is InChI=1S/C21H17Cl3N2O3S/c1-14-10-11-15(22)12-18(14)25-20(27)13-26(19-9-5-8-17(23)21(19)24)30(28,29)16-6-3-2-4-7-16/h2-12H,13H2,1H3,(H,25,27). The molecule has 0 spiro atoms. The van der Waals surface area contributed by atoms with Gasteiger partial charge in [-0.05, 0) is 48.9 Å². The van der Waals surface area contributed by atoms with E-state index < -0.39 is 22.5 Å². The van der Waals surface area contributed by atoms with Crippen molar-refractivity contribution >= 4 is 62.1 Å². The fourth-order valence-electron chi connectivity index (χ4n) is 2.75. The third-order valence-corrected chi connectivity index (χ3v) is 7.11. The minimum absolute atomic E-state index is 0.0211. The number of nitrogens with one attached hydrogen (secondary N) is 1. The molecule has 0 bridgehead atoms. The highest BCUT2D eigenvalue weighted by Gasteiger charge is 2.29. The molecule has 0 aromatic heterocycles. The smallest absolute Gasteiger partial charge is 0.264 e. The number of hydrogen-bond acceptors (Lipinski definition) is 3. The fourth-order valence-corrected chi connectivity index (χ4v) is 4.83. The average molecular weight is 484 g/mol. The third kappa shape index (κ3) is 4.90. The lowest BCUT2D eigenvalue weighted by Crippen LogP contribution is -2.38. The highest BCUT2D eigenvalue weighted by molar-refractivity contribution is 7.92. The number of carbonyl (C=O) groups excluding carboxylic acids is 1. The summed E-state index contributed by atoms with van der Waals surface area (Å²) in [5, 5.41) is 3.36. The van der Waals surface area contributed by atoms with Crippen molar-refractivity contribution in [1.29, 1.82) is 0 Å². The predicted octanol–water partition coefficient (Wildman–Crippen LogP) is 5.79. The Morgan fingerprint density at radius 1 is 0.967 bits per heavy atom. The summed E-state index contributed by atoms with van der Waals surface area (Å²) in [4.78, 5) is 12.8. The molecule has 0 aliphatic rings.